The molecule has 1 atom stereocenters. The Morgan fingerprint density at radius 1 is 1.31 bits per heavy atom. The van der Waals surface area contributed by atoms with Gasteiger partial charge < -0.3 is 14.4 Å². The molecule has 1 aliphatic rings. The third kappa shape index (κ3) is 4.21. The van der Waals surface area contributed by atoms with Crippen LogP contribution in [0.5, 0.6) is 11.5 Å². The number of hydrogen-bond donors (Lipinski definition) is 0. The number of carbonyl (C=O) groups excluding carboxylic acids is 1. The van der Waals surface area contributed by atoms with E-state index in [0.29, 0.717) is 29.6 Å². The predicted octanol–water partition coefficient (Wildman–Crippen LogP) is 5.16. The zero-order valence-corrected chi connectivity index (χ0v) is 16.6. The summed E-state index contributed by atoms with van der Waals surface area (Å²) in [5, 5.41) is 2.07. The van der Waals surface area contributed by atoms with Crippen molar-refractivity contribution >= 4 is 17.2 Å². The Labute approximate surface area is 159 Å². The van der Waals surface area contributed by atoms with Crippen molar-refractivity contribution in [2.75, 3.05) is 20.3 Å². The molecule has 0 saturated carbocycles. The highest BCUT2D eigenvalue weighted by Crippen LogP contribution is 2.36. The minimum atomic E-state index is 0.0629. The standard InChI is InChI=1S/C21H27NO3S/c1-15(2)10-12-25-18-9-8-16(14-19(18)24-3)21(23)22-11-4-6-17(22)20-7-5-13-26-20/h5,7-9,13-15,17H,4,6,10-12H2,1-3H3. The summed E-state index contributed by atoms with van der Waals surface area (Å²) in [6.45, 7) is 5.79. The fraction of sp³-hybridized carbons (Fsp3) is 0.476. The van der Waals surface area contributed by atoms with Crippen LogP contribution in [-0.4, -0.2) is 31.1 Å². The maximum Gasteiger partial charge on any atom is 0.254 e. The van der Waals surface area contributed by atoms with E-state index in [1.54, 1.807) is 24.5 Å². The lowest BCUT2D eigenvalue weighted by molar-refractivity contribution is 0.0737. The first-order valence-electron chi connectivity index (χ1n) is 9.25. The molecule has 0 spiro atoms. The molecule has 1 unspecified atom stereocenters. The molecule has 1 aromatic heterocycles. The van der Waals surface area contributed by atoms with Gasteiger partial charge in [-0.25, -0.2) is 0 Å². The molecule has 1 saturated heterocycles. The van der Waals surface area contributed by atoms with E-state index >= 15 is 0 Å². The van der Waals surface area contributed by atoms with Gasteiger partial charge in [0.1, 0.15) is 0 Å². The van der Waals surface area contributed by atoms with Crippen LogP contribution in [0.2, 0.25) is 0 Å². The Kier molecular flexibility index (Phi) is 6.20. The summed E-state index contributed by atoms with van der Waals surface area (Å²) < 4.78 is 11.3. The number of ether oxygens (including phenoxy) is 2. The molecule has 140 valence electrons. The molecule has 2 heterocycles. The van der Waals surface area contributed by atoms with Gasteiger partial charge in [0.25, 0.3) is 5.91 Å². The highest BCUT2D eigenvalue weighted by Gasteiger charge is 2.31. The molecular formula is C21H27NO3S. The Hall–Kier alpha value is -2.01. The van der Waals surface area contributed by atoms with Crippen LogP contribution in [0.1, 0.15) is 54.4 Å². The number of amides is 1. The van der Waals surface area contributed by atoms with Gasteiger partial charge in [-0.2, -0.15) is 0 Å². The number of likely N-dealkylation sites (tertiary alicyclic amines) is 1. The fourth-order valence-electron chi connectivity index (χ4n) is 3.28. The van der Waals surface area contributed by atoms with E-state index in [0.717, 1.165) is 25.8 Å². The first-order valence-corrected chi connectivity index (χ1v) is 10.1. The smallest absolute Gasteiger partial charge is 0.254 e. The van der Waals surface area contributed by atoms with Crippen molar-refractivity contribution in [3.05, 3.63) is 46.2 Å². The maximum absolute atomic E-state index is 13.1. The number of carbonyl (C=O) groups is 1. The van der Waals surface area contributed by atoms with Gasteiger partial charge in [-0.1, -0.05) is 19.9 Å². The lowest BCUT2D eigenvalue weighted by Gasteiger charge is -2.24. The Bertz CT molecular complexity index is 727. The van der Waals surface area contributed by atoms with Crippen LogP contribution < -0.4 is 9.47 Å². The molecule has 5 heteroatoms. The lowest BCUT2D eigenvalue weighted by atomic mass is 10.1. The molecule has 0 radical (unpaired) electrons. The molecule has 0 N–H and O–H groups in total. The van der Waals surface area contributed by atoms with Crippen LogP contribution in [0.4, 0.5) is 0 Å². The Balaban J connectivity index is 1.75. The molecular weight excluding hydrogens is 346 g/mol. The average molecular weight is 374 g/mol. The van der Waals surface area contributed by atoms with Crippen LogP contribution in [0, 0.1) is 5.92 Å². The monoisotopic (exact) mass is 373 g/mol. The van der Waals surface area contributed by atoms with Gasteiger partial charge in [0.2, 0.25) is 0 Å². The quantitative estimate of drug-likeness (QED) is 0.673. The van der Waals surface area contributed by atoms with Gasteiger partial charge in [-0.3, -0.25) is 4.79 Å². The second-order valence-electron chi connectivity index (χ2n) is 7.07. The van der Waals surface area contributed by atoms with Crippen molar-refractivity contribution in [1.82, 2.24) is 4.90 Å². The van der Waals surface area contributed by atoms with Crippen molar-refractivity contribution in [3.8, 4) is 11.5 Å². The van der Waals surface area contributed by atoms with Crippen LogP contribution in [0.25, 0.3) is 0 Å². The van der Waals surface area contributed by atoms with Gasteiger partial charge in [0.15, 0.2) is 11.5 Å². The maximum atomic E-state index is 13.1. The molecule has 1 amide bonds. The van der Waals surface area contributed by atoms with Gasteiger partial charge in [-0.15, -0.1) is 11.3 Å². The molecule has 4 nitrogen and oxygen atoms in total. The first-order chi connectivity index (χ1) is 12.6. The van der Waals surface area contributed by atoms with Crippen molar-refractivity contribution in [2.45, 2.75) is 39.2 Å². The topological polar surface area (TPSA) is 38.8 Å². The van der Waals surface area contributed by atoms with E-state index in [2.05, 4.69) is 25.3 Å². The van der Waals surface area contributed by atoms with Crippen molar-refractivity contribution in [2.24, 2.45) is 5.92 Å². The van der Waals surface area contributed by atoms with E-state index in [9.17, 15) is 4.79 Å². The largest absolute Gasteiger partial charge is 0.493 e. The van der Waals surface area contributed by atoms with E-state index in [4.69, 9.17) is 9.47 Å². The van der Waals surface area contributed by atoms with Gasteiger partial charge in [0, 0.05) is 17.0 Å². The number of thiophene rings is 1. The molecule has 2 aromatic rings. The molecule has 3 rings (SSSR count). The van der Waals surface area contributed by atoms with Crippen molar-refractivity contribution < 1.29 is 14.3 Å². The van der Waals surface area contributed by atoms with E-state index < -0.39 is 0 Å². The zero-order chi connectivity index (χ0) is 18.5. The first kappa shape index (κ1) is 18.8. The van der Waals surface area contributed by atoms with E-state index in [1.807, 2.05) is 23.1 Å². The number of nitrogens with zero attached hydrogens (tertiary/aromatic N) is 1. The summed E-state index contributed by atoms with van der Waals surface area (Å²) in [4.78, 5) is 16.3. The normalized spacial score (nSPS) is 16.9. The highest BCUT2D eigenvalue weighted by molar-refractivity contribution is 7.10. The Morgan fingerprint density at radius 3 is 2.85 bits per heavy atom. The third-order valence-corrected chi connectivity index (χ3v) is 5.72. The summed E-state index contributed by atoms with van der Waals surface area (Å²) in [7, 11) is 1.61. The number of hydrogen-bond acceptors (Lipinski definition) is 4. The van der Waals surface area contributed by atoms with E-state index in [1.165, 1.54) is 4.88 Å². The average Bonchev–Trinajstić information content (AvgIpc) is 3.32. The second-order valence-corrected chi connectivity index (χ2v) is 8.05. The van der Waals surface area contributed by atoms with Crippen molar-refractivity contribution in [3.63, 3.8) is 0 Å². The minimum absolute atomic E-state index is 0.0629. The fourth-order valence-corrected chi connectivity index (χ4v) is 4.15. The molecule has 1 aromatic carbocycles. The van der Waals surface area contributed by atoms with Gasteiger partial charge >= 0.3 is 0 Å². The molecule has 0 aliphatic carbocycles. The van der Waals surface area contributed by atoms with Crippen LogP contribution in [-0.2, 0) is 0 Å². The Morgan fingerprint density at radius 2 is 2.15 bits per heavy atom. The molecule has 26 heavy (non-hydrogen) atoms. The van der Waals surface area contributed by atoms with Crippen LogP contribution in [0.3, 0.4) is 0 Å². The number of benzene rings is 1. The highest BCUT2D eigenvalue weighted by atomic mass is 32.1. The molecule has 1 aliphatic heterocycles. The predicted molar refractivity (Wildman–Crippen MR) is 105 cm³/mol. The summed E-state index contributed by atoms with van der Waals surface area (Å²) >= 11 is 1.72. The minimum Gasteiger partial charge on any atom is -0.493 e. The van der Waals surface area contributed by atoms with Crippen LogP contribution >= 0.6 is 11.3 Å². The zero-order valence-electron chi connectivity index (χ0n) is 15.7. The summed E-state index contributed by atoms with van der Waals surface area (Å²) in [5.74, 6) is 1.96. The SMILES string of the molecule is COc1cc(C(=O)N2CCCC2c2cccs2)ccc1OCCC(C)C. The van der Waals surface area contributed by atoms with Gasteiger partial charge in [0.05, 0.1) is 19.8 Å². The summed E-state index contributed by atoms with van der Waals surface area (Å²) in [5.41, 5.74) is 0.654. The van der Waals surface area contributed by atoms with E-state index in [-0.39, 0.29) is 11.9 Å². The number of methoxy groups -OCH3 is 1. The van der Waals surface area contributed by atoms with Crippen LogP contribution in [0.15, 0.2) is 35.7 Å². The molecule has 1 fully saturated rings. The van der Waals surface area contributed by atoms with Crippen molar-refractivity contribution in [1.29, 1.82) is 0 Å². The second kappa shape index (κ2) is 8.58. The lowest BCUT2D eigenvalue weighted by Crippen LogP contribution is -2.30. The summed E-state index contributed by atoms with van der Waals surface area (Å²) in [6.07, 6.45) is 3.06. The third-order valence-electron chi connectivity index (χ3n) is 4.75. The number of rotatable bonds is 7. The summed E-state index contributed by atoms with van der Waals surface area (Å²) in [6, 6.07) is 9.86. The molecule has 0 bridgehead atoms. The van der Waals surface area contributed by atoms with Gasteiger partial charge in [-0.05, 0) is 54.8 Å².